The molecule has 0 radical (unpaired) electrons. The van der Waals surface area contributed by atoms with Gasteiger partial charge in [-0.25, -0.2) is 0 Å². The average molecular weight is 334 g/mol. The Balaban J connectivity index is 1.93. The maximum Gasteiger partial charge on any atom is 0.243 e. The van der Waals surface area contributed by atoms with Gasteiger partial charge in [-0.05, 0) is 36.0 Å². The lowest BCUT2D eigenvalue weighted by Gasteiger charge is -2.24. The van der Waals surface area contributed by atoms with Gasteiger partial charge in [0.15, 0.2) is 0 Å². The SMILES string of the molecule is CCCSCCCNC(=O)[C@H]1Cc2ccccc2N1C(=O)CC. The van der Waals surface area contributed by atoms with Crippen molar-refractivity contribution < 1.29 is 9.59 Å². The second-order valence-electron chi connectivity index (χ2n) is 5.72. The van der Waals surface area contributed by atoms with E-state index in [9.17, 15) is 9.59 Å². The van der Waals surface area contributed by atoms with Gasteiger partial charge in [-0.15, -0.1) is 0 Å². The van der Waals surface area contributed by atoms with Gasteiger partial charge in [0.1, 0.15) is 6.04 Å². The number of hydrogen-bond acceptors (Lipinski definition) is 3. The zero-order valence-electron chi connectivity index (χ0n) is 14.0. The van der Waals surface area contributed by atoms with Crippen LogP contribution in [0.1, 0.15) is 38.7 Å². The first-order chi connectivity index (χ1) is 11.2. The van der Waals surface area contributed by atoms with E-state index in [2.05, 4.69) is 12.2 Å². The average Bonchev–Trinajstić information content (AvgIpc) is 2.96. The smallest absolute Gasteiger partial charge is 0.243 e. The minimum Gasteiger partial charge on any atom is -0.354 e. The first-order valence-electron chi connectivity index (χ1n) is 8.44. The lowest BCUT2D eigenvalue weighted by atomic mass is 10.1. The van der Waals surface area contributed by atoms with Gasteiger partial charge in [-0.1, -0.05) is 32.0 Å². The highest BCUT2D eigenvalue weighted by molar-refractivity contribution is 7.99. The Hall–Kier alpha value is -1.49. The number of amides is 2. The van der Waals surface area contributed by atoms with Crippen LogP contribution in [0, 0.1) is 0 Å². The number of anilines is 1. The Morgan fingerprint density at radius 2 is 2.04 bits per heavy atom. The molecule has 1 aromatic carbocycles. The van der Waals surface area contributed by atoms with Crippen molar-refractivity contribution in [2.24, 2.45) is 0 Å². The van der Waals surface area contributed by atoms with Gasteiger partial charge < -0.3 is 5.32 Å². The van der Waals surface area contributed by atoms with Crippen LogP contribution in [0.15, 0.2) is 24.3 Å². The van der Waals surface area contributed by atoms with E-state index in [1.807, 2.05) is 43.0 Å². The first-order valence-corrected chi connectivity index (χ1v) is 9.59. The van der Waals surface area contributed by atoms with Crippen molar-refractivity contribution in [3.8, 4) is 0 Å². The predicted molar refractivity (Wildman–Crippen MR) is 97.0 cm³/mol. The monoisotopic (exact) mass is 334 g/mol. The molecule has 4 nitrogen and oxygen atoms in total. The first kappa shape index (κ1) is 17.9. The van der Waals surface area contributed by atoms with E-state index in [0.717, 1.165) is 23.4 Å². The fourth-order valence-electron chi connectivity index (χ4n) is 2.82. The summed E-state index contributed by atoms with van der Waals surface area (Å²) in [5.41, 5.74) is 1.96. The van der Waals surface area contributed by atoms with Crippen LogP contribution in [0.5, 0.6) is 0 Å². The number of rotatable bonds is 8. The van der Waals surface area contributed by atoms with Crippen LogP contribution in [0.3, 0.4) is 0 Å². The van der Waals surface area contributed by atoms with Crippen LogP contribution < -0.4 is 10.2 Å². The van der Waals surface area contributed by atoms with Crippen molar-refractivity contribution in [2.45, 2.75) is 45.6 Å². The van der Waals surface area contributed by atoms with Crippen LogP contribution in [-0.4, -0.2) is 35.9 Å². The molecule has 126 valence electrons. The van der Waals surface area contributed by atoms with Crippen LogP contribution >= 0.6 is 11.8 Å². The molecule has 0 unspecified atom stereocenters. The normalized spacial score (nSPS) is 16.3. The minimum absolute atomic E-state index is 0.00796. The Kier molecular flexibility index (Phi) is 6.96. The Morgan fingerprint density at radius 3 is 2.78 bits per heavy atom. The molecule has 1 aromatic rings. The van der Waals surface area contributed by atoms with Crippen molar-refractivity contribution >= 4 is 29.3 Å². The number of thioether (sulfide) groups is 1. The molecule has 1 heterocycles. The summed E-state index contributed by atoms with van der Waals surface area (Å²) in [6.07, 6.45) is 3.17. The summed E-state index contributed by atoms with van der Waals surface area (Å²) in [6, 6.07) is 7.40. The fraction of sp³-hybridized carbons (Fsp3) is 0.556. The van der Waals surface area contributed by atoms with E-state index >= 15 is 0 Å². The van der Waals surface area contributed by atoms with E-state index in [0.29, 0.717) is 19.4 Å². The van der Waals surface area contributed by atoms with Gasteiger partial charge in [0.2, 0.25) is 11.8 Å². The van der Waals surface area contributed by atoms with Gasteiger partial charge in [0, 0.05) is 25.1 Å². The molecular weight excluding hydrogens is 308 g/mol. The van der Waals surface area contributed by atoms with Gasteiger partial charge in [-0.3, -0.25) is 14.5 Å². The molecule has 2 amide bonds. The highest BCUT2D eigenvalue weighted by Crippen LogP contribution is 2.32. The van der Waals surface area contributed by atoms with E-state index in [1.54, 1.807) is 4.90 Å². The zero-order valence-corrected chi connectivity index (χ0v) is 14.8. The van der Waals surface area contributed by atoms with E-state index in [-0.39, 0.29) is 11.8 Å². The Morgan fingerprint density at radius 1 is 1.26 bits per heavy atom. The topological polar surface area (TPSA) is 49.4 Å². The van der Waals surface area contributed by atoms with Crippen molar-refractivity contribution in [3.63, 3.8) is 0 Å². The maximum absolute atomic E-state index is 12.5. The van der Waals surface area contributed by atoms with Crippen molar-refractivity contribution in [3.05, 3.63) is 29.8 Å². The van der Waals surface area contributed by atoms with Gasteiger partial charge in [0.05, 0.1) is 0 Å². The number of para-hydroxylation sites is 1. The summed E-state index contributed by atoms with van der Waals surface area (Å²) in [6.45, 7) is 4.69. The highest BCUT2D eigenvalue weighted by Gasteiger charge is 2.37. The number of carbonyl (C=O) groups is 2. The summed E-state index contributed by atoms with van der Waals surface area (Å²) in [7, 11) is 0. The highest BCUT2D eigenvalue weighted by atomic mass is 32.2. The number of nitrogens with one attached hydrogen (secondary N) is 1. The van der Waals surface area contributed by atoms with Gasteiger partial charge in [0.25, 0.3) is 0 Å². The van der Waals surface area contributed by atoms with Gasteiger partial charge >= 0.3 is 0 Å². The molecule has 1 N–H and O–H groups in total. The van der Waals surface area contributed by atoms with E-state index < -0.39 is 6.04 Å². The van der Waals surface area contributed by atoms with E-state index in [1.165, 1.54) is 12.2 Å². The molecule has 0 spiro atoms. The third-order valence-corrected chi connectivity index (χ3v) is 5.24. The number of benzene rings is 1. The molecule has 1 atom stereocenters. The molecule has 2 rings (SSSR count). The van der Waals surface area contributed by atoms with Crippen LogP contribution in [0.2, 0.25) is 0 Å². The maximum atomic E-state index is 12.5. The molecule has 1 aliphatic heterocycles. The predicted octanol–water partition coefficient (Wildman–Crippen LogP) is 3.00. The molecule has 0 saturated carbocycles. The van der Waals surface area contributed by atoms with Crippen LogP contribution in [0.4, 0.5) is 5.69 Å². The number of fused-ring (bicyclic) bond motifs is 1. The van der Waals surface area contributed by atoms with Crippen molar-refractivity contribution in [1.29, 1.82) is 0 Å². The number of carbonyl (C=O) groups excluding carboxylic acids is 2. The van der Waals surface area contributed by atoms with Gasteiger partial charge in [-0.2, -0.15) is 11.8 Å². The molecule has 0 fully saturated rings. The summed E-state index contributed by atoms with van der Waals surface area (Å²) in [5.74, 6) is 2.21. The summed E-state index contributed by atoms with van der Waals surface area (Å²) >= 11 is 1.92. The third-order valence-electron chi connectivity index (χ3n) is 3.96. The lowest BCUT2D eigenvalue weighted by Crippen LogP contribution is -2.48. The standard InChI is InChI=1S/C18H26N2O2S/c1-3-11-23-12-7-10-19-18(22)16-13-14-8-5-6-9-15(14)20(16)17(21)4-2/h5-6,8-9,16H,3-4,7,10-13H2,1-2H3,(H,19,22)/t16-/m1/s1. The minimum atomic E-state index is -0.400. The summed E-state index contributed by atoms with van der Waals surface area (Å²) < 4.78 is 0. The second-order valence-corrected chi connectivity index (χ2v) is 6.95. The summed E-state index contributed by atoms with van der Waals surface area (Å²) in [5, 5.41) is 3.00. The Bertz CT molecular complexity index is 548. The number of hydrogen-bond donors (Lipinski definition) is 1. The molecule has 0 aliphatic carbocycles. The molecule has 0 saturated heterocycles. The fourth-order valence-corrected chi connectivity index (χ4v) is 3.67. The molecule has 23 heavy (non-hydrogen) atoms. The second kappa shape index (κ2) is 8.96. The number of nitrogens with zero attached hydrogens (tertiary/aromatic N) is 1. The zero-order chi connectivity index (χ0) is 16.7. The third kappa shape index (κ3) is 4.50. The molecule has 0 bridgehead atoms. The molecule has 5 heteroatoms. The Labute approximate surface area is 143 Å². The van der Waals surface area contributed by atoms with E-state index in [4.69, 9.17) is 0 Å². The molecular formula is C18H26N2O2S. The largest absolute Gasteiger partial charge is 0.354 e. The van der Waals surface area contributed by atoms with Crippen molar-refractivity contribution in [1.82, 2.24) is 5.32 Å². The lowest BCUT2D eigenvalue weighted by molar-refractivity contribution is -0.126. The van der Waals surface area contributed by atoms with Crippen LogP contribution in [-0.2, 0) is 16.0 Å². The molecule has 0 aromatic heterocycles. The summed E-state index contributed by atoms with van der Waals surface area (Å²) in [4.78, 5) is 26.5. The quantitative estimate of drug-likeness (QED) is 0.744. The molecule has 1 aliphatic rings. The van der Waals surface area contributed by atoms with Crippen LogP contribution in [0.25, 0.3) is 0 Å². The van der Waals surface area contributed by atoms with Crippen molar-refractivity contribution in [2.75, 3.05) is 23.0 Å².